The van der Waals surface area contributed by atoms with Crippen LogP contribution in [0.3, 0.4) is 0 Å². The first kappa shape index (κ1) is 13.9. The fraction of sp³-hybridized carbons (Fsp3) is 0.385. The summed E-state index contributed by atoms with van der Waals surface area (Å²) in [5.41, 5.74) is 2.31. The van der Waals surface area contributed by atoms with Crippen LogP contribution >= 0.6 is 15.9 Å². The van der Waals surface area contributed by atoms with Crippen molar-refractivity contribution in [3.05, 3.63) is 34.9 Å². The molecule has 0 atom stereocenters. The smallest absolute Gasteiger partial charge is 0.338 e. The summed E-state index contributed by atoms with van der Waals surface area (Å²) < 4.78 is 4.94. The molecule has 0 aliphatic heterocycles. The first-order chi connectivity index (χ1) is 8.08. The molecular weight excluding hydrogens is 284 g/mol. The Labute approximate surface area is 109 Å². The Balaban J connectivity index is 2.86. The largest absolute Gasteiger partial charge is 0.462 e. The van der Waals surface area contributed by atoms with Crippen LogP contribution in [0.25, 0.3) is 0 Å². The number of Topliss-reactive ketones (excluding diaryl/α,β-unsaturated/α-hetero) is 1. The molecule has 0 bridgehead atoms. The van der Waals surface area contributed by atoms with Crippen LogP contribution < -0.4 is 0 Å². The number of aryl methyl sites for hydroxylation is 1. The lowest BCUT2D eigenvalue weighted by atomic mass is 10.0. The van der Waals surface area contributed by atoms with Crippen molar-refractivity contribution < 1.29 is 14.3 Å². The third kappa shape index (κ3) is 3.97. The van der Waals surface area contributed by atoms with E-state index in [1.54, 1.807) is 19.1 Å². The van der Waals surface area contributed by atoms with Crippen molar-refractivity contribution in [3.63, 3.8) is 0 Å². The van der Waals surface area contributed by atoms with Crippen molar-refractivity contribution in [3.8, 4) is 0 Å². The Kier molecular flexibility index (Phi) is 5.35. The number of hydrogen-bond acceptors (Lipinski definition) is 3. The number of carbonyl (C=O) groups is 2. The molecule has 0 aliphatic carbocycles. The Bertz CT molecular complexity index is 427. The lowest BCUT2D eigenvalue weighted by Gasteiger charge is -2.07. The second-order valence-corrected chi connectivity index (χ2v) is 4.28. The van der Waals surface area contributed by atoms with Crippen molar-refractivity contribution in [2.45, 2.75) is 20.3 Å². The van der Waals surface area contributed by atoms with Gasteiger partial charge in [-0.2, -0.15) is 0 Å². The van der Waals surface area contributed by atoms with E-state index in [4.69, 9.17) is 4.74 Å². The average Bonchev–Trinajstić information content (AvgIpc) is 2.29. The van der Waals surface area contributed by atoms with Crippen LogP contribution in [0.1, 0.15) is 28.4 Å². The quantitative estimate of drug-likeness (QED) is 0.620. The van der Waals surface area contributed by atoms with Crippen molar-refractivity contribution in [2.24, 2.45) is 0 Å². The van der Waals surface area contributed by atoms with E-state index in [9.17, 15) is 9.59 Å². The van der Waals surface area contributed by atoms with Gasteiger partial charge in [0.1, 0.15) is 5.78 Å². The summed E-state index contributed by atoms with van der Waals surface area (Å²) >= 11 is 3.13. The Morgan fingerprint density at radius 2 is 2.06 bits per heavy atom. The van der Waals surface area contributed by atoms with E-state index >= 15 is 0 Å². The van der Waals surface area contributed by atoms with Gasteiger partial charge in [0.2, 0.25) is 0 Å². The average molecular weight is 299 g/mol. The van der Waals surface area contributed by atoms with Crippen LogP contribution in [0.5, 0.6) is 0 Å². The Hall–Kier alpha value is -1.16. The number of benzene rings is 1. The third-order valence-electron chi connectivity index (χ3n) is 2.34. The predicted octanol–water partition coefficient (Wildman–Crippen LogP) is 2.68. The lowest BCUT2D eigenvalue weighted by molar-refractivity contribution is -0.115. The first-order valence-electron chi connectivity index (χ1n) is 5.42. The number of rotatable bonds is 5. The van der Waals surface area contributed by atoms with Gasteiger partial charge in [0.05, 0.1) is 17.5 Å². The molecule has 0 amide bonds. The topological polar surface area (TPSA) is 43.4 Å². The van der Waals surface area contributed by atoms with Crippen molar-refractivity contribution >= 4 is 27.7 Å². The minimum atomic E-state index is -0.316. The molecule has 0 spiro atoms. The SMILES string of the molecule is CCOC(=O)c1ccc(CC(=O)CBr)cc1C. The van der Waals surface area contributed by atoms with Gasteiger partial charge in [0.25, 0.3) is 0 Å². The lowest BCUT2D eigenvalue weighted by Crippen LogP contribution is -2.08. The number of halogens is 1. The standard InChI is InChI=1S/C13H15BrO3/c1-3-17-13(16)12-5-4-10(6-9(12)2)7-11(15)8-14/h4-6H,3,7-8H2,1-2H3. The van der Waals surface area contributed by atoms with E-state index in [2.05, 4.69) is 15.9 Å². The van der Waals surface area contributed by atoms with Crippen LogP contribution in [-0.2, 0) is 16.0 Å². The van der Waals surface area contributed by atoms with Crippen LogP contribution in [0.4, 0.5) is 0 Å². The fourth-order valence-electron chi connectivity index (χ4n) is 1.55. The maximum atomic E-state index is 11.6. The minimum Gasteiger partial charge on any atom is -0.462 e. The Morgan fingerprint density at radius 1 is 1.35 bits per heavy atom. The summed E-state index contributed by atoms with van der Waals surface area (Å²) in [5, 5.41) is 0.353. The number of alkyl halides is 1. The highest BCUT2D eigenvalue weighted by Gasteiger charge is 2.11. The van der Waals surface area contributed by atoms with E-state index < -0.39 is 0 Å². The summed E-state index contributed by atoms with van der Waals surface area (Å²) in [6.45, 7) is 3.98. The van der Waals surface area contributed by atoms with Gasteiger partial charge < -0.3 is 4.74 Å². The number of ketones is 1. The maximum Gasteiger partial charge on any atom is 0.338 e. The van der Waals surface area contributed by atoms with Gasteiger partial charge in [-0.05, 0) is 31.0 Å². The number of esters is 1. The van der Waals surface area contributed by atoms with E-state index in [-0.39, 0.29) is 11.8 Å². The molecule has 3 nitrogen and oxygen atoms in total. The molecular formula is C13H15BrO3. The molecule has 0 radical (unpaired) electrons. The van der Waals surface area contributed by atoms with Gasteiger partial charge in [-0.15, -0.1) is 0 Å². The molecule has 0 unspecified atom stereocenters. The minimum absolute atomic E-state index is 0.119. The van der Waals surface area contributed by atoms with E-state index in [1.165, 1.54) is 0 Å². The maximum absolute atomic E-state index is 11.6. The van der Waals surface area contributed by atoms with Crippen LogP contribution in [0.2, 0.25) is 0 Å². The number of carbonyl (C=O) groups excluding carboxylic acids is 2. The monoisotopic (exact) mass is 298 g/mol. The molecule has 0 heterocycles. The fourth-order valence-corrected chi connectivity index (χ4v) is 1.75. The first-order valence-corrected chi connectivity index (χ1v) is 6.55. The molecule has 17 heavy (non-hydrogen) atoms. The molecule has 92 valence electrons. The van der Waals surface area contributed by atoms with Gasteiger partial charge in [0.15, 0.2) is 0 Å². The van der Waals surface area contributed by atoms with Crippen LogP contribution in [0.15, 0.2) is 18.2 Å². The molecule has 1 aromatic rings. The summed E-state index contributed by atoms with van der Waals surface area (Å²) in [6, 6.07) is 5.36. The summed E-state index contributed by atoms with van der Waals surface area (Å²) in [7, 11) is 0. The van der Waals surface area contributed by atoms with E-state index in [1.807, 2.05) is 13.0 Å². The normalized spacial score (nSPS) is 10.1. The van der Waals surface area contributed by atoms with Crippen molar-refractivity contribution in [1.29, 1.82) is 0 Å². The molecule has 4 heteroatoms. The molecule has 0 aliphatic rings. The van der Waals surface area contributed by atoms with Crippen molar-refractivity contribution in [1.82, 2.24) is 0 Å². The second kappa shape index (κ2) is 6.55. The summed E-state index contributed by atoms with van der Waals surface area (Å²) in [6.07, 6.45) is 0.384. The zero-order valence-corrected chi connectivity index (χ0v) is 11.5. The third-order valence-corrected chi connectivity index (χ3v) is 2.96. The summed E-state index contributed by atoms with van der Waals surface area (Å²) in [5.74, 6) is -0.198. The molecule has 0 saturated carbocycles. The van der Waals surface area contributed by atoms with Crippen LogP contribution in [0, 0.1) is 6.92 Å². The molecule has 1 rings (SSSR count). The van der Waals surface area contributed by atoms with Gasteiger partial charge in [-0.25, -0.2) is 4.79 Å². The van der Waals surface area contributed by atoms with Gasteiger partial charge in [-0.3, -0.25) is 4.79 Å². The second-order valence-electron chi connectivity index (χ2n) is 3.72. The summed E-state index contributed by atoms with van der Waals surface area (Å²) in [4.78, 5) is 22.8. The molecule has 0 N–H and O–H groups in total. The van der Waals surface area contributed by atoms with Crippen molar-refractivity contribution in [2.75, 3.05) is 11.9 Å². The van der Waals surface area contributed by atoms with E-state index in [0.29, 0.717) is 23.9 Å². The highest BCUT2D eigenvalue weighted by atomic mass is 79.9. The highest BCUT2D eigenvalue weighted by molar-refractivity contribution is 9.09. The van der Waals surface area contributed by atoms with Gasteiger partial charge in [0, 0.05) is 6.42 Å². The zero-order valence-electron chi connectivity index (χ0n) is 9.96. The zero-order chi connectivity index (χ0) is 12.8. The number of ether oxygens (including phenoxy) is 1. The Morgan fingerprint density at radius 3 is 2.59 bits per heavy atom. The number of hydrogen-bond donors (Lipinski definition) is 0. The van der Waals surface area contributed by atoms with E-state index in [0.717, 1.165) is 11.1 Å². The molecule has 0 fully saturated rings. The van der Waals surface area contributed by atoms with Crippen LogP contribution in [-0.4, -0.2) is 23.7 Å². The molecule has 0 saturated heterocycles. The van der Waals surface area contributed by atoms with Gasteiger partial charge >= 0.3 is 5.97 Å². The van der Waals surface area contributed by atoms with Gasteiger partial charge in [-0.1, -0.05) is 28.1 Å². The molecule has 1 aromatic carbocycles. The predicted molar refractivity (Wildman–Crippen MR) is 69.6 cm³/mol. The highest BCUT2D eigenvalue weighted by Crippen LogP contribution is 2.13. The molecule has 0 aromatic heterocycles.